The van der Waals surface area contributed by atoms with E-state index in [0.29, 0.717) is 28.9 Å². The fourth-order valence-electron chi connectivity index (χ4n) is 6.29. The first-order valence-corrected chi connectivity index (χ1v) is 15.3. The summed E-state index contributed by atoms with van der Waals surface area (Å²) in [6.45, 7) is 0. The lowest BCUT2D eigenvalue weighted by Crippen LogP contribution is -2.21. The topological polar surface area (TPSA) is 73.9 Å². The van der Waals surface area contributed by atoms with E-state index in [-0.39, 0.29) is 12.0 Å². The summed E-state index contributed by atoms with van der Waals surface area (Å²) in [6, 6.07) is 42.4. The van der Waals surface area contributed by atoms with Crippen LogP contribution in [0, 0.1) is 0 Å². The monoisotopic (exact) mass is 594 g/mol. The van der Waals surface area contributed by atoms with Gasteiger partial charge in [0.05, 0.1) is 0 Å². The normalized spacial score (nSPS) is 16.5. The minimum absolute atomic E-state index is 0.0641. The third-order valence-electron chi connectivity index (χ3n) is 8.55. The Labute approximate surface area is 265 Å². The van der Waals surface area contributed by atoms with Crippen LogP contribution in [0.4, 0.5) is 0 Å². The van der Waals surface area contributed by atoms with Crippen LogP contribution in [0.5, 0.6) is 5.75 Å². The molecule has 0 saturated carbocycles. The molecule has 0 amide bonds. The van der Waals surface area contributed by atoms with Gasteiger partial charge in [-0.25, -0.2) is 19.9 Å². The average molecular weight is 595 g/mol. The van der Waals surface area contributed by atoms with Gasteiger partial charge in [0.1, 0.15) is 17.4 Å². The molecule has 0 fully saturated rings. The summed E-state index contributed by atoms with van der Waals surface area (Å²) in [7, 11) is 0. The molecule has 3 heterocycles. The molecule has 7 aromatic rings. The van der Waals surface area contributed by atoms with Crippen LogP contribution in [-0.4, -0.2) is 26.0 Å². The SMILES string of the molecule is C1=CC2c3ccccc3OC2C(c2cccc(-c3nc4ccc(-c5nc(-c6ccccc6)nc(-c6ccccc6)n5)cc4o3)c2)=C1. The fourth-order valence-corrected chi connectivity index (χ4v) is 6.29. The minimum atomic E-state index is -0.0641. The maximum absolute atomic E-state index is 6.42. The number of hydrogen-bond acceptors (Lipinski definition) is 6. The Morgan fingerprint density at radius 3 is 1.93 bits per heavy atom. The first-order chi connectivity index (χ1) is 22.8. The van der Waals surface area contributed by atoms with Crippen molar-refractivity contribution >= 4 is 16.7 Å². The van der Waals surface area contributed by atoms with E-state index >= 15 is 0 Å². The zero-order chi connectivity index (χ0) is 30.5. The van der Waals surface area contributed by atoms with Crippen molar-refractivity contribution in [2.45, 2.75) is 12.0 Å². The van der Waals surface area contributed by atoms with Gasteiger partial charge in [0.15, 0.2) is 23.1 Å². The first-order valence-electron chi connectivity index (χ1n) is 15.3. The number of para-hydroxylation sites is 1. The molecule has 0 bridgehead atoms. The number of allylic oxidation sites excluding steroid dienone is 2. The van der Waals surface area contributed by atoms with Crippen LogP contribution in [0.15, 0.2) is 150 Å². The molecule has 2 aromatic heterocycles. The number of aromatic nitrogens is 4. The van der Waals surface area contributed by atoms with Crippen molar-refractivity contribution in [2.24, 2.45) is 0 Å². The van der Waals surface area contributed by atoms with E-state index in [1.165, 1.54) is 5.56 Å². The van der Waals surface area contributed by atoms with E-state index in [0.717, 1.165) is 44.7 Å². The van der Waals surface area contributed by atoms with Crippen molar-refractivity contribution in [3.63, 3.8) is 0 Å². The average Bonchev–Trinajstić information content (AvgIpc) is 3.74. The number of ether oxygens (including phenoxy) is 1. The molecular formula is C40H26N4O2. The van der Waals surface area contributed by atoms with E-state index < -0.39 is 0 Å². The van der Waals surface area contributed by atoms with E-state index in [9.17, 15) is 0 Å². The van der Waals surface area contributed by atoms with Gasteiger partial charge in [-0.05, 0) is 42.0 Å². The van der Waals surface area contributed by atoms with Gasteiger partial charge in [-0.2, -0.15) is 0 Å². The molecule has 5 aromatic carbocycles. The van der Waals surface area contributed by atoms with Gasteiger partial charge in [-0.1, -0.05) is 109 Å². The zero-order valence-corrected chi connectivity index (χ0v) is 24.6. The Balaban J connectivity index is 1.07. The zero-order valence-electron chi connectivity index (χ0n) is 24.6. The summed E-state index contributed by atoms with van der Waals surface area (Å²) in [4.78, 5) is 19.4. The van der Waals surface area contributed by atoms with Crippen molar-refractivity contribution in [2.75, 3.05) is 0 Å². The smallest absolute Gasteiger partial charge is 0.227 e. The molecular weight excluding hydrogens is 568 g/mol. The van der Waals surface area contributed by atoms with E-state index in [4.69, 9.17) is 29.1 Å². The summed E-state index contributed by atoms with van der Waals surface area (Å²) in [5.41, 5.74) is 8.45. The van der Waals surface area contributed by atoms with Gasteiger partial charge in [-0.3, -0.25) is 0 Å². The summed E-state index contributed by atoms with van der Waals surface area (Å²) in [5, 5.41) is 0. The van der Waals surface area contributed by atoms with Crippen LogP contribution in [-0.2, 0) is 0 Å². The largest absolute Gasteiger partial charge is 0.484 e. The molecule has 6 nitrogen and oxygen atoms in total. The lowest BCUT2D eigenvalue weighted by Gasteiger charge is -2.23. The molecule has 218 valence electrons. The molecule has 0 saturated heterocycles. The Hall–Kier alpha value is -6.14. The summed E-state index contributed by atoms with van der Waals surface area (Å²) in [6.07, 6.45) is 6.43. The molecule has 46 heavy (non-hydrogen) atoms. The molecule has 1 aliphatic heterocycles. The third-order valence-corrected chi connectivity index (χ3v) is 8.55. The van der Waals surface area contributed by atoms with Gasteiger partial charge in [0.25, 0.3) is 0 Å². The highest BCUT2D eigenvalue weighted by Gasteiger charge is 2.36. The molecule has 2 aliphatic rings. The van der Waals surface area contributed by atoms with Crippen molar-refractivity contribution in [3.05, 3.63) is 157 Å². The van der Waals surface area contributed by atoms with E-state index in [2.05, 4.69) is 42.5 Å². The van der Waals surface area contributed by atoms with Crippen LogP contribution < -0.4 is 4.74 Å². The van der Waals surface area contributed by atoms with Crippen molar-refractivity contribution < 1.29 is 9.15 Å². The van der Waals surface area contributed by atoms with Crippen LogP contribution in [0.2, 0.25) is 0 Å². The Kier molecular flexibility index (Phi) is 6.16. The predicted octanol–water partition coefficient (Wildman–Crippen LogP) is 9.18. The quantitative estimate of drug-likeness (QED) is 0.198. The maximum Gasteiger partial charge on any atom is 0.227 e. The third kappa shape index (κ3) is 4.59. The molecule has 6 heteroatoms. The Bertz CT molecular complexity index is 2250. The highest BCUT2D eigenvalue weighted by molar-refractivity contribution is 5.83. The highest BCUT2D eigenvalue weighted by atomic mass is 16.5. The molecule has 2 atom stereocenters. The number of benzene rings is 5. The van der Waals surface area contributed by atoms with E-state index in [1.807, 2.05) is 103 Å². The van der Waals surface area contributed by atoms with Crippen LogP contribution in [0.1, 0.15) is 17.0 Å². The maximum atomic E-state index is 6.42. The van der Waals surface area contributed by atoms with Gasteiger partial charge < -0.3 is 9.15 Å². The Morgan fingerprint density at radius 1 is 0.522 bits per heavy atom. The number of oxazole rings is 1. The second-order valence-corrected chi connectivity index (χ2v) is 11.4. The fraction of sp³-hybridized carbons (Fsp3) is 0.0500. The molecule has 0 N–H and O–H groups in total. The molecule has 0 spiro atoms. The van der Waals surface area contributed by atoms with Crippen molar-refractivity contribution in [3.8, 4) is 51.4 Å². The van der Waals surface area contributed by atoms with E-state index in [1.54, 1.807) is 0 Å². The second kappa shape index (κ2) is 10.8. The summed E-state index contributed by atoms with van der Waals surface area (Å²) >= 11 is 0. The van der Waals surface area contributed by atoms with Crippen LogP contribution in [0.25, 0.3) is 62.3 Å². The van der Waals surface area contributed by atoms with Gasteiger partial charge in [0.2, 0.25) is 5.89 Å². The summed E-state index contributed by atoms with van der Waals surface area (Å²) in [5.74, 6) is 3.50. The highest BCUT2D eigenvalue weighted by Crippen LogP contribution is 2.46. The Morgan fingerprint density at radius 2 is 1.17 bits per heavy atom. The number of hydrogen-bond donors (Lipinski definition) is 0. The molecule has 9 rings (SSSR count). The number of nitrogens with zero attached hydrogens (tertiary/aromatic N) is 4. The predicted molar refractivity (Wildman–Crippen MR) is 180 cm³/mol. The molecule has 1 aliphatic carbocycles. The van der Waals surface area contributed by atoms with Crippen molar-refractivity contribution in [1.82, 2.24) is 19.9 Å². The lowest BCUT2D eigenvalue weighted by molar-refractivity contribution is 0.278. The minimum Gasteiger partial charge on any atom is -0.484 e. The van der Waals surface area contributed by atoms with Crippen LogP contribution >= 0.6 is 0 Å². The van der Waals surface area contributed by atoms with Gasteiger partial charge >= 0.3 is 0 Å². The standard InChI is InChI=1S/C40H26N4O2/c1-3-11-25(12-4-1)37-42-38(26-13-5-2-6-14-26)44-39(43-37)28-21-22-33-35(24-28)46-40(41-33)29-16-9-15-27(23-29)30-18-10-19-32-31-17-7-8-20-34(31)45-36(30)32/h1-24,32,36H. The van der Waals surface area contributed by atoms with Crippen LogP contribution in [0.3, 0.4) is 0 Å². The van der Waals surface area contributed by atoms with Gasteiger partial charge in [0, 0.05) is 39.3 Å². The molecule has 2 unspecified atom stereocenters. The van der Waals surface area contributed by atoms with Gasteiger partial charge in [-0.15, -0.1) is 0 Å². The number of rotatable bonds is 5. The lowest BCUT2D eigenvalue weighted by atomic mass is 9.84. The molecule has 0 radical (unpaired) electrons. The second-order valence-electron chi connectivity index (χ2n) is 11.4. The first kappa shape index (κ1) is 26.3. The number of fused-ring (bicyclic) bond motifs is 4. The van der Waals surface area contributed by atoms with Crippen molar-refractivity contribution in [1.29, 1.82) is 0 Å². The summed E-state index contributed by atoms with van der Waals surface area (Å²) < 4.78 is 12.8.